The average molecular weight is 615 g/mol. The molecule has 0 aromatic heterocycles. The van der Waals surface area contributed by atoms with Crippen LogP contribution < -0.4 is 28.4 Å². The summed E-state index contributed by atoms with van der Waals surface area (Å²) in [5.74, 6) is 1.29. The maximum absolute atomic E-state index is 12.4. The van der Waals surface area contributed by atoms with Crippen molar-refractivity contribution < 1.29 is 42.9 Å². The van der Waals surface area contributed by atoms with Gasteiger partial charge in [0, 0.05) is 17.4 Å². The number of benzene rings is 2. The summed E-state index contributed by atoms with van der Waals surface area (Å²) in [5, 5.41) is 23.3. The van der Waals surface area contributed by atoms with Crippen LogP contribution in [0.5, 0.6) is 34.5 Å². The zero-order valence-corrected chi connectivity index (χ0v) is 26.4. The molecule has 240 valence electrons. The lowest BCUT2D eigenvalue weighted by atomic mass is 9.67. The minimum absolute atomic E-state index is 0.00727. The van der Waals surface area contributed by atoms with Gasteiger partial charge in [-0.2, -0.15) is 5.26 Å². The molecule has 0 saturated heterocycles. The molecule has 1 aliphatic rings. The van der Waals surface area contributed by atoms with Gasteiger partial charge in [0.05, 0.1) is 45.3 Å². The van der Waals surface area contributed by atoms with Crippen molar-refractivity contribution >= 4 is 5.97 Å². The largest absolute Gasteiger partial charge is 0.490 e. The summed E-state index contributed by atoms with van der Waals surface area (Å²) in [5.41, 5.74) is -0.754. The standard InChI is InChI=1S/C32H42N2O10/c1-8-20(4)32(19-33,22-17-27(40-9-2)30(38-6)31(39-7)29(22)41-10-3)16-15-24(42-21(5)35)23(34(36)37)18-28-43-25-13-11-12-14-26(25)44-28/h11-14,17,20,23-24,28H,8-10,15-16,18H2,1-7H3. The summed E-state index contributed by atoms with van der Waals surface area (Å²) in [6, 6.07) is 9.82. The highest BCUT2D eigenvalue weighted by Gasteiger charge is 2.46. The summed E-state index contributed by atoms with van der Waals surface area (Å²) in [6.07, 6.45) is -1.63. The van der Waals surface area contributed by atoms with E-state index in [9.17, 15) is 20.2 Å². The van der Waals surface area contributed by atoms with Crippen LogP contribution in [0.3, 0.4) is 0 Å². The molecule has 2 aromatic carbocycles. The number of carbonyl (C=O) groups excluding carboxylic acids is 1. The first-order chi connectivity index (χ1) is 21.1. The van der Waals surface area contributed by atoms with E-state index in [0.29, 0.717) is 47.3 Å². The number of hydrogen-bond donors (Lipinski definition) is 0. The minimum atomic E-state index is -1.37. The molecule has 0 amide bonds. The fourth-order valence-corrected chi connectivity index (χ4v) is 5.61. The van der Waals surface area contributed by atoms with E-state index < -0.39 is 34.7 Å². The Bertz CT molecular complexity index is 1320. The summed E-state index contributed by atoms with van der Waals surface area (Å²) >= 11 is 0. The van der Waals surface area contributed by atoms with Crippen LogP contribution >= 0.6 is 0 Å². The van der Waals surface area contributed by atoms with Crippen LogP contribution in [0.2, 0.25) is 0 Å². The third kappa shape index (κ3) is 7.21. The summed E-state index contributed by atoms with van der Waals surface area (Å²) in [7, 11) is 2.96. The second kappa shape index (κ2) is 15.4. The van der Waals surface area contributed by atoms with Crippen LogP contribution in [0.1, 0.15) is 65.9 Å². The molecule has 4 unspecified atom stereocenters. The first-order valence-electron chi connectivity index (χ1n) is 14.8. The fourth-order valence-electron chi connectivity index (χ4n) is 5.61. The molecule has 0 radical (unpaired) electrons. The summed E-state index contributed by atoms with van der Waals surface area (Å²) in [4.78, 5) is 24.1. The molecule has 0 spiro atoms. The normalized spacial score (nSPS) is 15.7. The van der Waals surface area contributed by atoms with E-state index in [1.807, 2.05) is 27.7 Å². The van der Waals surface area contributed by atoms with Crippen molar-refractivity contribution in [3.63, 3.8) is 0 Å². The van der Waals surface area contributed by atoms with Gasteiger partial charge in [0.15, 0.2) is 29.1 Å². The van der Waals surface area contributed by atoms with E-state index in [1.165, 1.54) is 21.1 Å². The molecule has 4 atom stereocenters. The highest BCUT2D eigenvalue weighted by atomic mass is 16.7. The van der Waals surface area contributed by atoms with Crippen molar-refractivity contribution in [3.8, 4) is 40.6 Å². The SMILES string of the molecule is CCOc1cc(C(C#N)(CCC(OC(C)=O)C(CC2Oc3ccccc3O2)[N+](=O)[O-])C(C)CC)c(OCC)c(OC)c1OC. The Morgan fingerprint density at radius 1 is 1.07 bits per heavy atom. The molecule has 44 heavy (non-hydrogen) atoms. The van der Waals surface area contributed by atoms with Crippen molar-refractivity contribution in [3.05, 3.63) is 46.0 Å². The number of fused-ring (bicyclic) bond motifs is 1. The predicted molar refractivity (Wildman–Crippen MR) is 160 cm³/mol. The van der Waals surface area contributed by atoms with Crippen LogP contribution in [0, 0.1) is 27.4 Å². The number of nitriles is 1. The number of ether oxygens (including phenoxy) is 7. The average Bonchev–Trinajstić information content (AvgIpc) is 3.42. The summed E-state index contributed by atoms with van der Waals surface area (Å²) in [6.45, 7) is 9.32. The van der Waals surface area contributed by atoms with Gasteiger partial charge in [0.2, 0.25) is 17.8 Å². The van der Waals surface area contributed by atoms with Gasteiger partial charge < -0.3 is 33.2 Å². The molecule has 0 aliphatic carbocycles. The topological polar surface area (TPSA) is 149 Å². The Kier molecular flexibility index (Phi) is 11.9. The monoisotopic (exact) mass is 614 g/mol. The van der Waals surface area contributed by atoms with Crippen LogP contribution in [0.15, 0.2) is 30.3 Å². The van der Waals surface area contributed by atoms with Gasteiger partial charge in [-0.1, -0.05) is 32.4 Å². The van der Waals surface area contributed by atoms with E-state index in [1.54, 1.807) is 30.3 Å². The van der Waals surface area contributed by atoms with Crippen LogP contribution in [-0.2, 0) is 14.9 Å². The van der Waals surface area contributed by atoms with Gasteiger partial charge in [0.25, 0.3) is 6.04 Å². The highest BCUT2D eigenvalue weighted by Crippen LogP contribution is 2.53. The highest BCUT2D eigenvalue weighted by molar-refractivity contribution is 5.66. The van der Waals surface area contributed by atoms with Crippen molar-refractivity contribution in [1.82, 2.24) is 0 Å². The van der Waals surface area contributed by atoms with E-state index >= 15 is 0 Å². The number of para-hydroxylation sites is 2. The van der Waals surface area contributed by atoms with Gasteiger partial charge >= 0.3 is 5.97 Å². The smallest absolute Gasteiger partial charge is 0.303 e. The minimum Gasteiger partial charge on any atom is -0.490 e. The van der Waals surface area contributed by atoms with E-state index in [4.69, 9.17) is 33.2 Å². The number of nitro groups is 1. The van der Waals surface area contributed by atoms with E-state index in [2.05, 4.69) is 6.07 Å². The van der Waals surface area contributed by atoms with E-state index in [0.717, 1.165) is 0 Å². The lowest BCUT2D eigenvalue weighted by Gasteiger charge is -2.36. The molecular weight excluding hydrogens is 572 g/mol. The van der Waals surface area contributed by atoms with Gasteiger partial charge in [-0.15, -0.1) is 0 Å². The first-order valence-corrected chi connectivity index (χ1v) is 14.8. The maximum atomic E-state index is 12.4. The Morgan fingerprint density at radius 2 is 1.68 bits per heavy atom. The van der Waals surface area contributed by atoms with Gasteiger partial charge in [-0.25, -0.2) is 0 Å². The second-order valence-electron chi connectivity index (χ2n) is 10.5. The Labute approximate surface area is 258 Å². The lowest BCUT2D eigenvalue weighted by molar-refractivity contribution is -0.537. The number of methoxy groups -OCH3 is 2. The van der Waals surface area contributed by atoms with Crippen molar-refractivity contribution in [2.45, 2.75) is 84.2 Å². The molecular formula is C32H42N2O10. The first kappa shape index (κ1) is 34.1. The third-order valence-electron chi connectivity index (χ3n) is 7.93. The van der Waals surface area contributed by atoms with Crippen molar-refractivity contribution in [2.75, 3.05) is 27.4 Å². The van der Waals surface area contributed by atoms with Gasteiger partial charge in [-0.05, 0) is 50.8 Å². The number of hydrogen-bond acceptors (Lipinski definition) is 11. The zero-order chi connectivity index (χ0) is 32.4. The summed E-state index contributed by atoms with van der Waals surface area (Å²) < 4.78 is 40.4. The molecule has 0 fully saturated rings. The van der Waals surface area contributed by atoms with Crippen LogP contribution in [0.25, 0.3) is 0 Å². The van der Waals surface area contributed by atoms with Crippen molar-refractivity contribution in [2.24, 2.45) is 5.92 Å². The Balaban J connectivity index is 2.08. The van der Waals surface area contributed by atoms with Crippen LogP contribution in [0.4, 0.5) is 0 Å². The molecule has 0 N–H and O–H groups in total. The third-order valence-corrected chi connectivity index (χ3v) is 7.93. The molecule has 1 aliphatic heterocycles. The molecule has 12 heteroatoms. The molecule has 3 rings (SSSR count). The number of carbonyl (C=O) groups is 1. The van der Waals surface area contributed by atoms with E-state index in [-0.39, 0.29) is 37.5 Å². The number of esters is 1. The van der Waals surface area contributed by atoms with Gasteiger partial charge in [-0.3, -0.25) is 14.9 Å². The lowest BCUT2D eigenvalue weighted by Crippen LogP contribution is -2.43. The van der Waals surface area contributed by atoms with Gasteiger partial charge in [0.1, 0.15) is 0 Å². The fraction of sp³-hybridized carbons (Fsp3) is 0.562. The zero-order valence-electron chi connectivity index (χ0n) is 26.4. The molecule has 12 nitrogen and oxygen atoms in total. The molecule has 0 bridgehead atoms. The molecule has 2 aromatic rings. The molecule has 0 saturated carbocycles. The number of rotatable bonds is 17. The van der Waals surface area contributed by atoms with Crippen molar-refractivity contribution in [1.29, 1.82) is 5.26 Å². The predicted octanol–water partition coefficient (Wildman–Crippen LogP) is 5.85. The quantitative estimate of drug-likeness (QED) is 0.120. The van der Waals surface area contributed by atoms with Crippen LogP contribution in [-0.4, -0.2) is 56.8 Å². The maximum Gasteiger partial charge on any atom is 0.303 e. The Morgan fingerprint density at radius 3 is 2.16 bits per heavy atom. The Hall–Kier alpha value is -4.40. The second-order valence-corrected chi connectivity index (χ2v) is 10.5. The molecule has 1 heterocycles. The number of nitrogens with zero attached hydrogens (tertiary/aromatic N) is 2.